The summed E-state index contributed by atoms with van der Waals surface area (Å²) in [5, 5.41) is 5.92. The van der Waals surface area contributed by atoms with Crippen molar-refractivity contribution in [2.45, 2.75) is 32.4 Å². The fourth-order valence-electron chi connectivity index (χ4n) is 5.38. The van der Waals surface area contributed by atoms with Crippen molar-refractivity contribution >= 4 is 22.7 Å². The second-order valence-corrected chi connectivity index (χ2v) is 9.75. The van der Waals surface area contributed by atoms with Gasteiger partial charge in [0.05, 0.1) is 19.8 Å². The molecule has 0 unspecified atom stereocenters. The van der Waals surface area contributed by atoms with Crippen LogP contribution in [-0.4, -0.2) is 69.2 Å². The van der Waals surface area contributed by atoms with E-state index < -0.39 is 0 Å². The van der Waals surface area contributed by atoms with Crippen LogP contribution < -0.4 is 0 Å². The third-order valence-electron chi connectivity index (χ3n) is 7.40. The maximum absolute atomic E-state index is 13.5. The molecule has 37 heavy (non-hydrogen) atoms. The number of carbonyl (C=O) groups is 2. The quantitative estimate of drug-likeness (QED) is 0.441. The van der Waals surface area contributed by atoms with E-state index in [9.17, 15) is 9.59 Å². The van der Waals surface area contributed by atoms with Gasteiger partial charge in [-0.3, -0.25) is 14.3 Å². The largest absolute Gasteiger partial charge is 0.378 e. The molecule has 2 aliphatic heterocycles. The summed E-state index contributed by atoms with van der Waals surface area (Å²) in [6.45, 7) is 3.94. The van der Waals surface area contributed by atoms with Crippen molar-refractivity contribution in [2.75, 3.05) is 32.8 Å². The molecular formula is C29H31N5O3. The Morgan fingerprint density at radius 3 is 2.62 bits per heavy atom. The molecule has 0 atom stereocenters. The molecule has 2 aromatic heterocycles. The van der Waals surface area contributed by atoms with E-state index in [0.29, 0.717) is 57.1 Å². The second kappa shape index (κ2) is 10.2. The molecular weight excluding hydrogens is 466 g/mol. The molecule has 6 rings (SSSR count). The first-order chi connectivity index (χ1) is 18.2. The van der Waals surface area contributed by atoms with Crippen LogP contribution in [0.4, 0.5) is 0 Å². The molecule has 0 saturated carbocycles. The predicted molar refractivity (Wildman–Crippen MR) is 140 cm³/mol. The molecule has 190 valence electrons. The Kier molecular flexibility index (Phi) is 6.49. The number of aryl methyl sites for hydroxylation is 2. The SMILES string of the molecule is O=C(c1ccc2cc[nH]c2c1)N1CCc2c(c(C(=O)N3CCOCC3)nn2CCCc2ccccc2)C1. The van der Waals surface area contributed by atoms with Crippen molar-refractivity contribution in [3.63, 3.8) is 0 Å². The van der Waals surface area contributed by atoms with Crippen molar-refractivity contribution in [3.8, 4) is 0 Å². The Labute approximate surface area is 215 Å². The van der Waals surface area contributed by atoms with Gasteiger partial charge in [0.15, 0.2) is 5.69 Å². The number of nitrogens with zero attached hydrogens (tertiary/aromatic N) is 4. The van der Waals surface area contributed by atoms with Gasteiger partial charge in [-0.05, 0) is 42.0 Å². The number of amides is 2. The average Bonchev–Trinajstić information content (AvgIpc) is 3.57. The zero-order valence-electron chi connectivity index (χ0n) is 20.9. The molecule has 1 fully saturated rings. The number of hydrogen-bond acceptors (Lipinski definition) is 4. The first-order valence-corrected chi connectivity index (χ1v) is 13.0. The van der Waals surface area contributed by atoms with Crippen molar-refractivity contribution in [1.82, 2.24) is 24.6 Å². The van der Waals surface area contributed by atoms with E-state index >= 15 is 0 Å². The predicted octanol–water partition coefficient (Wildman–Crippen LogP) is 3.67. The number of H-pyrrole nitrogens is 1. The minimum absolute atomic E-state index is 0.0243. The molecule has 1 saturated heterocycles. The van der Waals surface area contributed by atoms with Crippen molar-refractivity contribution < 1.29 is 14.3 Å². The summed E-state index contributed by atoms with van der Waals surface area (Å²) in [4.78, 5) is 33.8. The van der Waals surface area contributed by atoms with Crippen LogP contribution in [0, 0.1) is 0 Å². The van der Waals surface area contributed by atoms with Crippen LogP contribution in [0.5, 0.6) is 0 Å². The van der Waals surface area contributed by atoms with Gasteiger partial charge in [-0.2, -0.15) is 5.10 Å². The van der Waals surface area contributed by atoms with Crippen molar-refractivity contribution in [1.29, 1.82) is 0 Å². The third kappa shape index (κ3) is 4.76. The molecule has 1 N–H and O–H groups in total. The van der Waals surface area contributed by atoms with Gasteiger partial charge < -0.3 is 19.5 Å². The Balaban J connectivity index is 1.25. The molecule has 2 amide bonds. The molecule has 4 heterocycles. The summed E-state index contributed by atoms with van der Waals surface area (Å²) in [6.07, 6.45) is 4.44. The lowest BCUT2D eigenvalue weighted by Gasteiger charge is -2.29. The van der Waals surface area contributed by atoms with Crippen molar-refractivity contribution in [2.24, 2.45) is 0 Å². The molecule has 8 heteroatoms. The van der Waals surface area contributed by atoms with E-state index in [2.05, 4.69) is 29.2 Å². The number of fused-ring (bicyclic) bond motifs is 2. The summed E-state index contributed by atoms with van der Waals surface area (Å²) in [5.74, 6) is -0.0905. The zero-order chi connectivity index (χ0) is 25.2. The lowest BCUT2D eigenvalue weighted by Crippen LogP contribution is -2.42. The number of rotatable bonds is 6. The fourth-order valence-corrected chi connectivity index (χ4v) is 5.38. The zero-order valence-corrected chi connectivity index (χ0v) is 20.9. The summed E-state index contributed by atoms with van der Waals surface area (Å²) in [6, 6.07) is 18.2. The standard InChI is InChI=1S/C29H31N5O3/c35-28(23-9-8-22-10-12-30-25(22)19-23)33-14-11-26-24(20-33)27(29(36)32-15-17-37-18-16-32)31-34(26)13-4-7-21-5-2-1-3-6-21/h1-3,5-6,8-10,12,19,30H,4,7,11,13-18,20H2. The van der Waals surface area contributed by atoms with Crippen LogP contribution >= 0.6 is 0 Å². The lowest BCUT2D eigenvalue weighted by molar-refractivity contribution is 0.0296. The topological polar surface area (TPSA) is 83.5 Å². The highest BCUT2D eigenvalue weighted by atomic mass is 16.5. The summed E-state index contributed by atoms with van der Waals surface area (Å²) in [7, 11) is 0. The minimum Gasteiger partial charge on any atom is -0.378 e. The molecule has 2 aromatic carbocycles. The number of hydrogen-bond donors (Lipinski definition) is 1. The van der Waals surface area contributed by atoms with Gasteiger partial charge in [0, 0.05) is 61.1 Å². The van der Waals surface area contributed by atoms with Crippen LogP contribution in [0.25, 0.3) is 10.9 Å². The second-order valence-electron chi connectivity index (χ2n) is 9.75. The molecule has 0 spiro atoms. The Bertz CT molecular complexity index is 1420. The van der Waals surface area contributed by atoms with E-state index in [1.54, 1.807) is 0 Å². The molecule has 0 aliphatic carbocycles. The smallest absolute Gasteiger partial charge is 0.274 e. The Hall–Kier alpha value is -3.91. The Morgan fingerprint density at radius 1 is 0.946 bits per heavy atom. The highest BCUT2D eigenvalue weighted by Crippen LogP contribution is 2.26. The maximum atomic E-state index is 13.5. The van der Waals surface area contributed by atoms with E-state index in [0.717, 1.165) is 41.5 Å². The van der Waals surface area contributed by atoms with E-state index in [1.165, 1.54) is 5.56 Å². The minimum atomic E-state index is -0.0662. The normalized spacial score (nSPS) is 15.7. The first-order valence-electron chi connectivity index (χ1n) is 13.0. The van der Waals surface area contributed by atoms with Crippen LogP contribution in [0.1, 0.15) is 44.1 Å². The van der Waals surface area contributed by atoms with Crippen LogP contribution in [0.2, 0.25) is 0 Å². The lowest BCUT2D eigenvalue weighted by atomic mass is 10.0. The number of nitrogens with one attached hydrogen (secondary N) is 1. The summed E-state index contributed by atoms with van der Waals surface area (Å²) in [5.41, 5.74) is 5.33. The number of aromatic nitrogens is 3. The number of benzene rings is 2. The third-order valence-corrected chi connectivity index (χ3v) is 7.40. The highest BCUT2D eigenvalue weighted by Gasteiger charge is 2.32. The maximum Gasteiger partial charge on any atom is 0.274 e. The van der Waals surface area contributed by atoms with Crippen molar-refractivity contribution in [3.05, 3.63) is 88.9 Å². The van der Waals surface area contributed by atoms with Gasteiger partial charge in [-0.15, -0.1) is 0 Å². The average molecular weight is 498 g/mol. The molecule has 0 radical (unpaired) electrons. The summed E-state index contributed by atoms with van der Waals surface area (Å²) >= 11 is 0. The molecule has 0 bridgehead atoms. The molecule has 8 nitrogen and oxygen atoms in total. The first kappa shape index (κ1) is 23.5. The van der Waals surface area contributed by atoms with Gasteiger partial charge >= 0.3 is 0 Å². The van der Waals surface area contributed by atoms with Gasteiger partial charge in [0.25, 0.3) is 11.8 Å². The molecule has 2 aliphatic rings. The van der Waals surface area contributed by atoms with E-state index in [-0.39, 0.29) is 11.8 Å². The van der Waals surface area contributed by atoms with Gasteiger partial charge in [-0.1, -0.05) is 36.4 Å². The van der Waals surface area contributed by atoms with E-state index in [1.807, 2.05) is 51.0 Å². The number of ether oxygens (including phenoxy) is 1. The van der Waals surface area contributed by atoms with Crippen LogP contribution in [0.15, 0.2) is 60.8 Å². The number of aromatic amines is 1. The highest BCUT2D eigenvalue weighted by molar-refractivity contribution is 5.98. The number of morpholine rings is 1. The van der Waals surface area contributed by atoms with Crippen LogP contribution in [-0.2, 0) is 30.7 Å². The van der Waals surface area contributed by atoms with Gasteiger partial charge in [0.1, 0.15) is 0 Å². The Morgan fingerprint density at radius 2 is 1.78 bits per heavy atom. The fraction of sp³-hybridized carbons (Fsp3) is 0.345. The summed E-state index contributed by atoms with van der Waals surface area (Å²) < 4.78 is 7.46. The molecule has 4 aromatic rings. The monoisotopic (exact) mass is 497 g/mol. The van der Waals surface area contributed by atoms with Crippen LogP contribution in [0.3, 0.4) is 0 Å². The van der Waals surface area contributed by atoms with E-state index in [4.69, 9.17) is 9.84 Å². The number of carbonyl (C=O) groups excluding carboxylic acids is 2. The van der Waals surface area contributed by atoms with Gasteiger partial charge in [0.2, 0.25) is 0 Å². The van der Waals surface area contributed by atoms with Gasteiger partial charge in [-0.25, -0.2) is 0 Å².